The van der Waals surface area contributed by atoms with Crippen molar-refractivity contribution in [1.29, 1.82) is 0 Å². The molecule has 1 aromatic carbocycles. The topological polar surface area (TPSA) is 101 Å². The number of halogens is 4. The van der Waals surface area contributed by atoms with Crippen LogP contribution in [0.4, 0.5) is 18.9 Å². The van der Waals surface area contributed by atoms with Crippen molar-refractivity contribution in [1.82, 2.24) is 20.4 Å². The van der Waals surface area contributed by atoms with Gasteiger partial charge in [-0.3, -0.25) is 14.5 Å². The Morgan fingerprint density at radius 2 is 1.73 bits per heavy atom. The highest BCUT2D eigenvalue weighted by atomic mass is 35.5. The number of hydrogen-bond donors (Lipinski definition) is 1. The van der Waals surface area contributed by atoms with Crippen LogP contribution in [0.15, 0.2) is 59.8 Å². The number of alkyl halides is 4. The van der Waals surface area contributed by atoms with E-state index in [2.05, 4.69) is 20.4 Å². The van der Waals surface area contributed by atoms with Gasteiger partial charge in [0.2, 0.25) is 11.8 Å². The molecule has 2 aromatic heterocycles. The normalized spacial score (nSPS) is 23.7. The molecule has 37 heavy (non-hydrogen) atoms. The van der Waals surface area contributed by atoms with Crippen molar-refractivity contribution in [2.45, 2.75) is 49.3 Å². The highest BCUT2D eigenvalue weighted by Crippen LogP contribution is 2.51. The zero-order valence-corrected chi connectivity index (χ0v) is 20.2. The maximum Gasteiger partial charge on any atom is 0.278 e. The van der Waals surface area contributed by atoms with Crippen LogP contribution in [-0.2, 0) is 9.59 Å². The summed E-state index contributed by atoms with van der Waals surface area (Å²) in [6.45, 7) is 0. The molecular weight excluding hydrogens is 511 g/mol. The first-order chi connectivity index (χ1) is 17.7. The predicted molar refractivity (Wildman–Crippen MR) is 127 cm³/mol. The van der Waals surface area contributed by atoms with Gasteiger partial charge in [-0.25, -0.2) is 23.1 Å². The maximum atomic E-state index is 14.2. The Bertz CT molecular complexity index is 1230. The number of carbonyl (C=O) groups excluding carboxylic acids is 2. The number of anilines is 1. The zero-order valence-electron chi connectivity index (χ0n) is 19.4. The summed E-state index contributed by atoms with van der Waals surface area (Å²) in [5, 5.41) is 6.55. The van der Waals surface area contributed by atoms with Crippen molar-refractivity contribution in [2.24, 2.45) is 11.8 Å². The van der Waals surface area contributed by atoms with Gasteiger partial charge in [0, 0.05) is 54.2 Å². The molecule has 3 aromatic rings. The van der Waals surface area contributed by atoms with Crippen LogP contribution in [0.25, 0.3) is 11.3 Å². The van der Waals surface area contributed by atoms with E-state index in [0.29, 0.717) is 24.2 Å². The highest BCUT2D eigenvalue weighted by molar-refractivity contribution is 6.32. The minimum atomic E-state index is -2.67. The first-order valence-electron chi connectivity index (χ1n) is 11.8. The molecule has 5 rings (SSSR count). The number of carbonyl (C=O) groups is 2. The Labute approximate surface area is 215 Å². The minimum absolute atomic E-state index is 0.182. The van der Waals surface area contributed by atoms with Gasteiger partial charge < -0.3 is 9.84 Å². The van der Waals surface area contributed by atoms with Gasteiger partial charge in [0.05, 0.1) is 6.20 Å². The molecule has 2 heterocycles. The molecule has 2 amide bonds. The van der Waals surface area contributed by atoms with Crippen molar-refractivity contribution < 1.29 is 27.3 Å². The summed E-state index contributed by atoms with van der Waals surface area (Å²) in [4.78, 5) is 35.5. The minimum Gasteiger partial charge on any atom is -0.356 e. The van der Waals surface area contributed by atoms with Crippen LogP contribution in [-0.4, -0.2) is 44.5 Å². The van der Waals surface area contributed by atoms with Gasteiger partial charge in [-0.2, -0.15) is 0 Å². The molecule has 2 aliphatic rings. The lowest BCUT2D eigenvalue weighted by molar-refractivity contribution is -0.128. The average Bonchev–Trinajstić information content (AvgIpc) is 3.58. The monoisotopic (exact) mass is 533 g/mol. The lowest BCUT2D eigenvalue weighted by Gasteiger charge is -2.32. The van der Waals surface area contributed by atoms with E-state index in [9.17, 15) is 22.8 Å². The molecule has 0 aliphatic heterocycles. The molecule has 0 bridgehead atoms. The SMILES string of the molecule is O=C(NC1CC2CC(F)(F)CC2C1)C(c1cncnc1)N(C(=O)C(F)Cl)c1ccc(-c2ccno2)cc1. The second kappa shape index (κ2) is 10.1. The molecule has 8 nitrogen and oxygen atoms in total. The largest absolute Gasteiger partial charge is 0.356 e. The molecule has 0 spiro atoms. The predicted octanol–water partition coefficient (Wildman–Crippen LogP) is 4.68. The molecule has 4 unspecified atom stereocenters. The number of benzene rings is 1. The molecule has 194 valence electrons. The Morgan fingerprint density at radius 1 is 1.08 bits per heavy atom. The van der Waals surface area contributed by atoms with E-state index in [1.807, 2.05) is 0 Å². The number of amides is 2. The van der Waals surface area contributed by atoms with E-state index in [-0.39, 0.29) is 42.0 Å². The number of nitrogens with one attached hydrogen (secondary N) is 1. The molecule has 0 saturated heterocycles. The number of fused-ring (bicyclic) bond motifs is 1. The lowest BCUT2D eigenvalue weighted by Crippen LogP contribution is -2.48. The summed E-state index contributed by atoms with van der Waals surface area (Å²) in [5.74, 6) is -4.33. The Kier molecular flexibility index (Phi) is 6.89. The zero-order chi connectivity index (χ0) is 26.2. The average molecular weight is 534 g/mol. The van der Waals surface area contributed by atoms with E-state index in [4.69, 9.17) is 16.1 Å². The van der Waals surface area contributed by atoms with Gasteiger partial charge in [-0.1, -0.05) is 16.8 Å². The maximum absolute atomic E-state index is 14.2. The third-order valence-electron chi connectivity index (χ3n) is 7.00. The molecule has 2 aliphatic carbocycles. The smallest absolute Gasteiger partial charge is 0.278 e. The first kappa shape index (κ1) is 25.2. The van der Waals surface area contributed by atoms with Crippen molar-refractivity contribution in [3.63, 3.8) is 0 Å². The van der Waals surface area contributed by atoms with Gasteiger partial charge >= 0.3 is 0 Å². The Hall–Kier alpha value is -3.47. The molecule has 1 N–H and O–H groups in total. The summed E-state index contributed by atoms with van der Waals surface area (Å²) < 4.78 is 46.9. The van der Waals surface area contributed by atoms with Crippen LogP contribution >= 0.6 is 11.6 Å². The molecular formula is C25H23ClF3N5O3. The van der Waals surface area contributed by atoms with E-state index in [0.717, 1.165) is 4.90 Å². The lowest BCUT2D eigenvalue weighted by atomic mass is 10.0. The van der Waals surface area contributed by atoms with Gasteiger partial charge in [0.15, 0.2) is 5.76 Å². The van der Waals surface area contributed by atoms with E-state index < -0.39 is 29.4 Å². The summed E-state index contributed by atoms with van der Waals surface area (Å²) in [7, 11) is 0. The summed E-state index contributed by atoms with van der Waals surface area (Å²) in [6, 6.07) is 6.26. The summed E-state index contributed by atoms with van der Waals surface area (Å²) in [5.41, 5.74) is -1.35. The van der Waals surface area contributed by atoms with Gasteiger partial charge in [0.1, 0.15) is 12.4 Å². The molecule has 0 radical (unpaired) electrons. The Morgan fingerprint density at radius 3 is 2.30 bits per heavy atom. The van der Waals surface area contributed by atoms with Gasteiger partial charge in [-0.05, 0) is 48.9 Å². The van der Waals surface area contributed by atoms with Crippen LogP contribution < -0.4 is 10.2 Å². The molecule has 2 fully saturated rings. The fourth-order valence-electron chi connectivity index (χ4n) is 5.49. The van der Waals surface area contributed by atoms with Crippen LogP contribution in [0, 0.1) is 11.8 Å². The quantitative estimate of drug-likeness (QED) is 0.443. The summed E-state index contributed by atoms with van der Waals surface area (Å²) >= 11 is 5.57. The molecule has 4 atom stereocenters. The molecule has 2 saturated carbocycles. The summed E-state index contributed by atoms with van der Waals surface area (Å²) in [6.07, 6.45) is 5.87. The van der Waals surface area contributed by atoms with Crippen LogP contribution in [0.3, 0.4) is 0 Å². The third kappa shape index (κ3) is 5.31. The number of nitrogens with zero attached hydrogens (tertiary/aromatic N) is 4. The third-order valence-corrected chi connectivity index (χ3v) is 7.19. The number of aromatic nitrogens is 3. The fraction of sp³-hybridized carbons (Fsp3) is 0.400. The van der Waals surface area contributed by atoms with Crippen molar-refractivity contribution >= 4 is 29.1 Å². The van der Waals surface area contributed by atoms with Crippen LogP contribution in [0.2, 0.25) is 0 Å². The fourth-order valence-corrected chi connectivity index (χ4v) is 5.59. The van der Waals surface area contributed by atoms with Crippen molar-refractivity contribution in [3.8, 4) is 11.3 Å². The second-order valence-electron chi connectivity index (χ2n) is 9.47. The number of hydrogen-bond acceptors (Lipinski definition) is 6. The highest BCUT2D eigenvalue weighted by Gasteiger charge is 2.51. The number of rotatable bonds is 7. The van der Waals surface area contributed by atoms with Crippen molar-refractivity contribution in [2.75, 3.05) is 4.90 Å². The van der Waals surface area contributed by atoms with E-state index in [1.165, 1.54) is 37.1 Å². The molecule has 12 heteroatoms. The Balaban J connectivity index is 1.45. The van der Waals surface area contributed by atoms with Gasteiger partial charge in [-0.15, -0.1) is 0 Å². The van der Waals surface area contributed by atoms with E-state index in [1.54, 1.807) is 18.2 Å². The second-order valence-corrected chi connectivity index (χ2v) is 9.85. The van der Waals surface area contributed by atoms with Crippen LogP contribution in [0.5, 0.6) is 0 Å². The first-order valence-corrected chi connectivity index (χ1v) is 12.2. The van der Waals surface area contributed by atoms with Crippen LogP contribution in [0.1, 0.15) is 37.3 Å². The van der Waals surface area contributed by atoms with Crippen molar-refractivity contribution in [3.05, 3.63) is 60.8 Å². The standard InChI is InChI=1S/C25H23ClF3N5O3/c26-22(27)24(36)34(19-3-1-14(2-4-19)20-5-6-32-37-20)21(17-11-30-13-31-12-17)23(35)33-18-7-15-9-25(28,29)10-16(15)8-18/h1-6,11-13,15-16,18,21-22H,7-10H2,(H,33,35). The van der Waals surface area contributed by atoms with Gasteiger partial charge in [0.25, 0.3) is 11.5 Å². The van der Waals surface area contributed by atoms with E-state index >= 15 is 0 Å².